The molecular weight excluding hydrogens is 272 g/mol. The summed E-state index contributed by atoms with van der Waals surface area (Å²) in [5.41, 5.74) is -1.12. The van der Waals surface area contributed by atoms with Crippen molar-refractivity contribution in [2.24, 2.45) is 5.92 Å². The molecule has 0 aromatic rings. The van der Waals surface area contributed by atoms with Gasteiger partial charge in [0, 0.05) is 13.2 Å². The third-order valence-electron chi connectivity index (χ3n) is 3.93. The van der Waals surface area contributed by atoms with Crippen LogP contribution in [0.4, 0.5) is 4.79 Å². The molecule has 1 rings (SSSR count). The van der Waals surface area contributed by atoms with E-state index in [1.165, 1.54) is 0 Å². The summed E-state index contributed by atoms with van der Waals surface area (Å²) in [5.74, 6) is -0.629. The van der Waals surface area contributed by atoms with Crippen LogP contribution in [0.3, 0.4) is 0 Å². The number of carbonyl (C=O) groups excluding carboxylic acids is 1. The van der Waals surface area contributed by atoms with E-state index in [0.29, 0.717) is 38.5 Å². The number of carboxylic acid groups (broad SMARTS) is 1. The Morgan fingerprint density at radius 3 is 2.76 bits per heavy atom. The van der Waals surface area contributed by atoms with Crippen molar-refractivity contribution in [2.75, 3.05) is 19.8 Å². The zero-order valence-corrected chi connectivity index (χ0v) is 13.1. The molecule has 0 radical (unpaired) electrons. The molecule has 21 heavy (non-hydrogen) atoms. The molecule has 0 aliphatic heterocycles. The van der Waals surface area contributed by atoms with Crippen LogP contribution < -0.4 is 10.6 Å². The van der Waals surface area contributed by atoms with Gasteiger partial charge in [-0.05, 0) is 25.2 Å². The number of hydrogen-bond acceptors (Lipinski definition) is 3. The SMILES string of the molecule is CCCCOCCNC(=O)NC1(C(=O)O)CCCC(C)C1. The molecule has 2 unspecified atom stereocenters. The van der Waals surface area contributed by atoms with Gasteiger partial charge in [-0.15, -0.1) is 0 Å². The maximum Gasteiger partial charge on any atom is 0.329 e. The monoisotopic (exact) mass is 300 g/mol. The third kappa shape index (κ3) is 5.91. The van der Waals surface area contributed by atoms with E-state index >= 15 is 0 Å². The van der Waals surface area contributed by atoms with Crippen molar-refractivity contribution in [1.29, 1.82) is 0 Å². The largest absolute Gasteiger partial charge is 0.480 e. The number of unbranched alkanes of at least 4 members (excludes halogenated alkanes) is 1. The van der Waals surface area contributed by atoms with Crippen LogP contribution in [-0.2, 0) is 9.53 Å². The van der Waals surface area contributed by atoms with Gasteiger partial charge in [0.25, 0.3) is 0 Å². The Morgan fingerprint density at radius 2 is 2.14 bits per heavy atom. The van der Waals surface area contributed by atoms with Gasteiger partial charge in [-0.1, -0.05) is 33.1 Å². The molecule has 1 saturated carbocycles. The number of amides is 2. The molecular formula is C15H28N2O4. The predicted octanol–water partition coefficient (Wildman–Crippen LogP) is 2.14. The van der Waals surface area contributed by atoms with Gasteiger partial charge in [-0.25, -0.2) is 9.59 Å². The van der Waals surface area contributed by atoms with Crippen molar-refractivity contribution in [3.63, 3.8) is 0 Å². The van der Waals surface area contributed by atoms with Crippen molar-refractivity contribution in [3.8, 4) is 0 Å². The Balaban J connectivity index is 2.34. The van der Waals surface area contributed by atoms with E-state index in [0.717, 1.165) is 25.7 Å². The lowest BCUT2D eigenvalue weighted by molar-refractivity contribution is -0.146. The molecule has 2 atom stereocenters. The topological polar surface area (TPSA) is 87.7 Å². The highest BCUT2D eigenvalue weighted by atomic mass is 16.5. The van der Waals surface area contributed by atoms with Gasteiger partial charge in [-0.2, -0.15) is 0 Å². The molecule has 1 fully saturated rings. The first-order valence-electron chi connectivity index (χ1n) is 7.87. The molecule has 2 amide bonds. The number of nitrogens with one attached hydrogen (secondary N) is 2. The maximum atomic E-state index is 11.9. The highest BCUT2D eigenvalue weighted by Gasteiger charge is 2.43. The molecule has 0 aromatic heterocycles. The normalized spacial score (nSPS) is 25.3. The van der Waals surface area contributed by atoms with Gasteiger partial charge >= 0.3 is 12.0 Å². The van der Waals surface area contributed by atoms with Gasteiger partial charge < -0.3 is 20.5 Å². The third-order valence-corrected chi connectivity index (χ3v) is 3.93. The number of aliphatic carboxylic acids is 1. The van der Waals surface area contributed by atoms with Gasteiger partial charge in [0.15, 0.2) is 0 Å². The Bertz CT molecular complexity index is 349. The van der Waals surface area contributed by atoms with E-state index in [4.69, 9.17) is 4.74 Å². The molecule has 6 heteroatoms. The van der Waals surface area contributed by atoms with Crippen LogP contribution in [0.2, 0.25) is 0 Å². The summed E-state index contributed by atoms with van der Waals surface area (Å²) < 4.78 is 5.35. The average molecular weight is 300 g/mol. The molecule has 122 valence electrons. The van der Waals surface area contributed by atoms with E-state index in [2.05, 4.69) is 17.6 Å². The molecule has 0 spiro atoms. The summed E-state index contributed by atoms with van der Waals surface area (Å²) >= 11 is 0. The molecule has 1 aliphatic rings. The summed E-state index contributed by atoms with van der Waals surface area (Å²) in [5, 5.41) is 14.8. The van der Waals surface area contributed by atoms with E-state index in [1.807, 2.05) is 6.92 Å². The van der Waals surface area contributed by atoms with Crippen molar-refractivity contribution >= 4 is 12.0 Å². The summed E-state index contributed by atoms with van der Waals surface area (Å²) in [7, 11) is 0. The Labute approximate surface area is 126 Å². The van der Waals surface area contributed by atoms with Crippen LogP contribution in [0, 0.1) is 5.92 Å². The highest BCUT2D eigenvalue weighted by molar-refractivity contribution is 5.86. The van der Waals surface area contributed by atoms with Crippen LogP contribution in [0.15, 0.2) is 0 Å². The Morgan fingerprint density at radius 1 is 1.38 bits per heavy atom. The Kier molecular flexibility index (Phi) is 7.50. The number of ether oxygens (including phenoxy) is 1. The molecule has 1 aliphatic carbocycles. The van der Waals surface area contributed by atoms with E-state index < -0.39 is 17.5 Å². The summed E-state index contributed by atoms with van der Waals surface area (Å²) in [6.45, 7) is 5.64. The van der Waals surface area contributed by atoms with E-state index in [9.17, 15) is 14.7 Å². The second-order valence-corrected chi connectivity index (χ2v) is 5.94. The van der Waals surface area contributed by atoms with Gasteiger partial charge in [0.2, 0.25) is 0 Å². The minimum Gasteiger partial charge on any atom is -0.480 e. The molecule has 0 aromatic carbocycles. The Hall–Kier alpha value is -1.30. The lowest BCUT2D eigenvalue weighted by atomic mass is 9.76. The molecule has 0 heterocycles. The van der Waals surface area contributed by atoms with Crippen LogP contribution in [0.1, 0.15) is 52.4 Å². The fourth-order valence-electron chi connectivity index (χ4n) is 2.76. The molecule has 3 N–H and O–H groups in total. The molecule has 6 nitrogen and oxygen atoms in total. The number of rotatable bonds is 8. The summed E-state index contributed by atoms with van der Waals surface area (Å²) in [6.07, 6.45) is 4.91. The van der Waals surface area contributed by atoms with E-state index in [1.54, 1.807) is 0 Å². The number of hydrogen-bond donors (Lipinski definition) is 3. The lowest BCUT2D eigenvalue weighted by Gasteiger charge is -2.36. The molecule has 0 saturated heterocycles. The zero-order chi connectivity index (χ0) is 15.7. The smallest absolute Gasteiger partial charge is 0.329 e. The molecule has 0 bridgehead atoms. The highest BCUT2D eigenvalue weighted by Crippen LogP contribution is 2.32. The van der Waals surface area contributed by atoms with Gasteiger partial charge in [-0.3, -0.25) is 0 Å². The first kappa shape index (κ1) is 17.8. The minimum absolute atomic E-state index is 0.313. The van der Waals surface area contributed by atoms with Crippen LogP contribution in [-0.4, -0.2) is 42.4 Å². The maximum absolute atomic E-state index is 11.9. The van der Waals surface area contributed by atoms with E-state index in [-0.39, 0.29) is 0 Å². The van der Waals surface area contributed by atoms with Gasteiger partial charge in [0.1, 0.15) is 5.54 Å². The fourth-order valence-corrected chi connectivity index (χ4v) is 2.76. The number of urea groups is 1. The average Bonchev–Trinajstić information content (AvgIpc) is 2.42. The fraction of sp³-hybridized carbons (Fsp3) is 0.867. The second-order valence-electron chi connectivity index (χ2n) is 5.94. The summed E-state index contributed by atoms with van der Waals surface area (Å²) in [6, 6.07) is -0.425. The second kappa shape index (κ2) is 8.87. The van der Waals surface area contributed by atoms with Crippen LogP contribution >= 0.6 is 0 Å². The minimum atomic E-state index is -1.12. The lowest BCUT2D eigenvalue weighted by Crippen LogP contribution is -2.59. The van der Waals surface area contributed by atoms with Crippen molar-refractivity contribution in [2.45, 2.75) is 57.9 Å². The number of carbonyl (C=O) groups is 2. The zero-order valence-electron chi connectivity index (χ0n) is 13.1. The quantitative estimate of drug-likeness (QED) is 0.599. The van der Waals surface area contributed by atoms with Crippen molar-refractivity contribution < 1.29 is 19.4 Å². The summed E-state index contributed by atoms with van der Waals surface area (Å²) in [4.78, 5) is 23.4. The van der Waals surface area contributed by atoms with Gasteiger partial charge in [0.05, 0.1) is 6.61 Å². The van der Waals surface area contributed by atoms with Crippen molar-refractivity contribution in [3.05, 3.63) is 0 Å². The van der Waals surface area contributed by atoms with Crippen molar-refractivity contribution in [1.82, 2.24) is 10.6 Å². The first-order valence-corrected chi connectivity index (χ1v) is 7.87. The first-order chi connectivity index (χ1) is 10.00. The standard InChI is InChI=1S/C15H28N2O4/c1-3-4-9-21-10-8-16-14(20)17-15(13(18)19)7-5-6-12(2)11-15/h12H,3-11H2,1-2H3,(H,18,19)(H2,16,17,20). The van der Waals surface area contributed by atoms with Crippen LogP contribution in [0.25, 0.3) is 0 Å². The number of carboxylic acids is 1. The predicted molar refractivity (Wildman–Crippen MR) is 80.3 cm³/mol. The van der Waals surface area contributed by atoms with Crippen LogP contribution in [0.5, 0.6) is 0 Å².